The van der Waals surface area contributed by atoms with Crippen molar-refractivity contribution in [2.45, 2.75) is 38.0 Å². The van der Waals surface area contributed by atoms with Gasteiger partial charge in [0.25, 0.3) is 0 Å². The molecule has 16 heavy (non-hydrogen) atoms. The Kier molecular flexibility index (Phi) is 1.55. The van der Waals surface area contributed by atoms with Crippen LogP contribution in [0.4, 0.5) is 0 Å². The van der Waals surface area contributed by atoms with Crippen LogP contribution >= 0.6 is 0 Å². The first-order chi connectivity index (χ1) is 7.81. The molecule has 3 unspecified atom stereocenters. The number of Topliss-reactive ketones (excluding diaryl/α,β-unsaturated/α-hetero) is 1. The van der Waals surface area contributed by atoms with Crippen LogP contribution in [-0.2, 0) is 11.2 Å². The van der Waals surface area contributed by atoms with E-state index in [0.717, 1.165) is 6.42 Å². The van der Waals surface area contributed by atoms with Crippen LogP contribution in [0.1, 0.15) is 42.7 Å². The molecule has 1 aromatic rings. The minimum absolute atomic E-state index is 0.260. The summed E-state index contributed by atoms with van der Waals surface area (Å²) in [5.74, 6) is 1.48. The van der Waals surface area contributed by atoms with E-state index >= 15 is 0 Å². The van der Waals surface area contributed by atoms with Crippen LogP contribution in [0, 0.1) is 11.3 Å². The number of hydrogen-bond donors (Lipinski definition) is 0. The zero-order chi connectivity index (χ0) is 10.8. The van der Waals surface area contributed by atoms with Gasteiger partial charge in [0.2, 0.25) is 0 Å². The summed E-state index contributed by atoms with van der Waals surface area (Å²) in [5.41, 5.74) is 3.16. The van der Waals surface area contributed by atoms with E-state index in [9.17, 15) is 4.79 Å². The minimum atomic E-state index is 0.260. The van der Waals surface area contributed by atoms with E-state index in [-0.39, 0.29) is 5.92 Å². The second kappa shape index (κ2) is 2.77. The Morgan fingerprint density at radius 3 is 3.06 bits per heavy atom. The maximum atomic E-state index is 12.2. The van der Waals surface area contributed by atoms with Crippen molar-refractivity contribution in [3.05, 3.63) is 35.4 Å². The Morgan fingerprint density at radius 1 is 1.25 bits per heavy atom. The van der Waals surface area contributed by atoms with Gasteiger partial charge in [0.1, 0.15) is 5.78 Å². The predicted molar refractivity (Wildman–Crippen MR) is 62.3 cm³/mol. The average molecular weight is 212 g/mol. The van der Waals surface area contributed by atoms with Crippen molar-refractivity contribution < 1.29 is 4.79 Å². The van der Waals surface area contributed by atoms with Crippen molar-refractivity contribution >= 4 is 5.78 Å². The lowest BCUT2D eigenvalue weighted by atomic mass is 9.74. The summed E-state index contributed by atoms with van der Waals surface area (Å²) in [6.45, 7) is 0. The van der Waals surface area contributed by atoms with Gasteiger partial charge in [-0.1, -0.05) is 30.7 Å². The Labute approximate surface area is 95.9 Å². The summed E-state index contributed by atoms with van der Waals surface area (Å²) in [7, 11) is 0. The molecule has 82 valence electrons. The van der Waals surface area contributed by atoms with Gasteiger partial charge in [-0.25, -0.2) is 0 Å². The third-order valence-corrected chi connectivity index (χ3v) is 5.24. The zero-order valence-corrected chi connectivity index (χ0v) is 9.41. The van der Waals surface area contributed by atoms with Gasteiger partial charge in [-0.05, 0) is 41.7 Å². The summed E-state index contributed by atoms with van der Waals surface area (Å²) in [6.07, 6.45) is 5.94. The van der Waals surface area contributed by atoms with Crippen molar-refractivity contribution in [2.75, 3.05) is 0 Å². The molecule has 1 nitrogen and oxygen atoms in total. The van der Waals surface area contributed by atoms with Crippen LogP contribution < -0.4 is 0 Å². The number of benzene rings is 1. The molecule has 0 amide bonds. The second-order valence-corrected chi connectivity index (χ2v) is 5.80. The molecule has 3 aliphatic rings. The topological polar surface area (TPSA) is 17.1 Å². The van der Waals surface area contributed by atoms with E-state index in [4.69, 9.17) is 0 Å². The van der Waals surface area contributed by atoms with Crippen LogP contribution in [0.25, 0.3) is 0 Å². The summed E-state index contributed by atoms with van der Waals surface area (Å²) in [6, 6.07) is 8.62. The van der Waals surface area contributed by atoms with Crippen molar-refractivity contribution in [3.8, 4) is 0 Å². The van der Waals surface area contributed by atoms with Gasteiger partial charge in [-0.2, -0.15) is 0 Å². The van der Waals surface area contributed by atoms with Crippen LogP contribution in [-0.4, -0.2) is 5.78 Å². The molecule has 0 saturated heterocycles. The Bertz CT molecular complexity index is 476. The highest BCUT2D eigenvalue weighted by Crippen LogP contribution is 2.64. The Morgan fingerprint density at radius 2 is 2.12 bits per heavy atom. The number of carbonyl (C=O) groups excluding carboxylic acids is 1. The SMILES string of the molecule is O=C1CC2CCCC23Cc2ccccc2C13. The lowest BCUT2D eigenvalue weighted by molar-refractivity contribution is -0.119. The van der Waals surface area contributed by atoms with Gasteiger partial charge in [0.05, 0.1) is 0 Å². The fraction of sp³-hybridized carbons (Fsp3) is 0.533. The first-order valence-electron chi connectivity index (χ1n) is 6.42. The quantitative estimate of drug-likeness (QED) is 0.646. The monoisotopic (exact) mass is 212 g/mol. The van der Waals surface area contributed by atoms with Crippen LogP contribution in [0.3, 0.4) is 0 Å². The maximum absolute atomic E-state index is 12.2. The summed E-state index contributed by atoms with van der Waals surface area (Å²) in [4.78, 5) is 12.2. The molecule has 0 aromatic heterocycles. The summed E-state index contributed by atoms with van der Waals surface area (Å²) < 4.78 is 0. The van der Waals surface area contributed by atoms with E-state index in [1.54, 1.807) is 0 Å². The normalized spacial score (nSPS) is 39.6. The van der Waals surface area contributed by atoms with E-state index in [1.807, 2.05) is 0 Å². The standard InChI is InChI=1S/C15H16O/c16-13-8-11-5-3-7-15(11)9-10-4-1-2-6-12(10)14(13)15/h1-2,4,6,11,14H,3,5,7-9H2. The van der Waals surface area contributed by atoms with Crippen molar-refractivity contribution in [3.63, 3.8) is 0 Å². The predicted octanol–water partition coefficient (Wildman–Crippen LogP) is 3.09. The minimum Gasteiger partial charge on any atom is -0.299 e. The fourth-order valence-corrected chi connectivity index (χ4v) is 4.69. The van der Waals surface area contributed by atoms with Gasteiger partial charge < -0.3 is 0 Å². The van der Waals surface area contributed by atoms with Crippen molar-refractivity contribution in [1.82, 2.24) is 0 Å². The largest absolute Gasteiger partial charge is 0.299 e. The number of rotatable bonds is 0. The summed E-state index contributed by atoms with van der Waals surface area (Å²) >= 11 is 0. The lowest BCUT2D eigenvalue weighted by Gasteiger charge is -2.28. The van der Waals surface area contributed by atoms with Crippen molar-refractivity contribution in [2.24, 2.45) is 11.3 Å². The van der Waals surface area contributed by atoms with Crippen LogP contribution in [0.15, 0.2) is 24.3 Å². The average Bonchev–Trinajstić information content (AvgIpc) is 2.86. The van der Waals surface area contributed by atoms with Gasteiger partial charge >= 0.3 is 0 Å². The molecular formula is C15H16O. The first kappa shape index (κ1) is 8.98. The fourth-order valence-electron chi connectivity index (χ4n) is 4.69. The van der Waals surface area contributed by atoms with Crippen molar-refractivity contribution in [1.29, 1.82) is 0 Å². The number of carbonyl (C=O) groups is 1. The highest BCUT2D eigenvalue weighted by Gasteiger charge is 2.60. The third-order valence-electron chi connectivity index (χ3n) is 5.24. The van der Waals surface area contributed by atoms with Gasteiger partial charge in [-0.15, -0.1) is 0 Å². The molecule has 2 saturated carbocycles. The molecule has 1 spiro atoms. The van der Waals surface area contributed by atoms with E-state index in [1.165, 1.54) is 36.8 Å². The van der Waals surface area contributed by atoms with Gasteiger partial charge in [0.15, 0.2) is 0 Å². The molecular weight excluding hydrogens is 196 g/mol. The van der Waals surface area contributed by atoms with Gasteiger partial charge in [0, 0.05) is 12.3 Å². The highest BCUT2D eigenvalue weighted by molar-refractivity contribution is 5.91. The van der Waals surface area contributed by atoms with E-state index in [0.29, 0.717) is 17.1 Å². The van der Waals surface area contributed by atoms with E-state index in [2.05, 4.69) is 24.3 Å². The number of hydrogen-bond acceptors (Lipinski definition) is 1. The van der Waals surface area contributed by atoms with E-state index < -0.39 is 0 Å². The molecule has 0 heterocycles. The lowest BCUT2D eigenvalue weighted by Crippen LogP contribution is -2.24. The molecule has 0 bridgehead atoms. The molecule has 1 heteroatoms. The van der Waals surface area contributed by atoms with Gasteiger partial charge in [-0.3, -0.25) is 4.79 Å². The Hall–Kier alpha value is -1.11. The molecule has 4 rings (SSSR count). The summed E-state index contributed by atoms with van der Waals surface area (Å²) in [5, 5.41) is 0. The molecule has 0 radical (unpaired) electrons. The van der Waals surface area contributed by atoms with Crippen LogP contribution in [0.2, 0.25) is 0 Å². The highest BCUT2D eigenvalue weighted by atomic mass is 16.1. The molecule has 0 aliphatic heterocycles. The molecule has 3 aliphatic carbocycles. The molecule has 2 fully saturated rings. The van der Waals surface area contributed by atoms with Crippen LogP contribution in [0.5, 0.6) is 0 Å². The second-order valence-electron chi connectivity index (χ2n) is 5.80. The Balaban J connectivity index is 1.92. The smallest absolute Gasteiger partial charge is 0.141 e. The third kappa shape index (κ3) is 0.865. The zero-order valence-electron chi connectivity index (χ0n) is 9.41. The number of fused-ring (bicyclic) bond motifs is 2. The maximum Gasteiger partial charge on any atom is 0.141 e. The number of ketones is 1. The molecule has 3 atom stereocenters. The molecule has 0 N–H and O–H groups in total. The molecule has 1 aromatic carbocycles. The first-order valence-corrected chi connectivity index (χ1v) is 6.42.